The summed E-state index contributed by atoms with van der Waals surface area (Å²) in [5.74, 6) is 0.849. The number of hydrogen-bond acceptors (Lipinski definition) is 3. The van der Waals surface area contributed by atoms with Crippen molar-refractivity contribution in [2.24, 2.45) is 0 Å². The van der Waals surface area contributed by atoms with Gasteiger partial charge in [0, 0.05) is 23.2 Å². The smallest absolute Gasteiger partial charge is 0.119 e. The molecule has 0 amide bonds. The lowest BCUT2D eigenvalue weighted by atomic mass is 10.1. The third-order valence-corrected chi connectivity index (χ3v) is 2.89. The number of nitrogens with zero attached hydrogens (tertiary/aromatic N) is 1. The molecule has 1 heterocycles. The van der Waals surface area contributed by atoms with Crippen LogP contribution in [0.2, 0.25) is 0 Å². The zero-order chi connectivity index (χ0) is 13.9. The quantitative estimate of drug-likeness (QED) is 0.887. The van der Waals surface area contributed by atoms with Gasteiger partial charge in [-0.15, -0.1) is 0 Å². The van der Waals surface area contributed by atoms with E-state index in [1.165, 1.54) is 0 Å². The van der Waals surface area contributed by atoms with Gasteiger partial charge in [0.15, 0.2) is 0 Å². The van der Waals surface area contributed by atoms with Crippen LogP contribution in [0.3, 0.4) is 0 Å². The first kappa shape index (κ1) is 13.6. The predicted octanol–water partition coefficient (Wildman–Crippen LogP) is 2.97. The standard InChI is InChI=1S/C15H21N3O/c1-15(2,3)16-9-12-10-17-18-14(12)11-6-5-7-13(8-11)19-4/h5-8,10,16H,9H2,1-4H3,(H,17,18). The number of aromatic nitrogens is 2. The van der Waals surface area contributed by atoms with Crippen molar-refractivity contribution < 1.29 is 4.74 Å². The summed E-state index contributed by atoms with van der Waals surface area (Å²) in [7, 11) is 1.67. The van der Waals surface area contributed by atoms with E-state index in [2.05, 4.69) is 42.4 Å². The minimum Gasteiger partial charge on any atom is -0.497 e. The Bertz CT molecular complexity index is 540. The number of H-pyrrole nitrogens is 1. The van der Waals surface area contributed by atoms with E-state index in [0.717, 1.165) is 29.1 Å². The van der Waals surface area contributed by atoms with Gasteiger partial charge in [0.25, 0.3) is 0 Å². The molecular formula is C15H21N3O. The Morgan fingerprint density at radius 1 is 1.32 bits per heavy atom. The van der Waals surface area contributed by atoms with E-state index < -0.39 is 0 Å². The molecule has 0 saturated carbocycles. The average Bonchev–Trinajstić information content (AvgIpc) is 2.84. The van der Waals surface area contributed by atoms with E-state index in [4.69, 9.17) is 4.74 Å². The number of methoxy groups -OCH3 is 1. The first-order valence-corrected chi connectivity index (χ1v) is 6.41. The Labute approximate surface area is 114 Å². The molecule has 102 valence electrons. The zero-order valence-electron chi connectivity index (χ0n) is 11.9. The molecule has 0 atom stereocenters. The highest BCUT2D eigenvalue weighted by atomic mass is 16.5. The van der Waals surface area contributed by atoms with Crippen molar-refractivity contribution in [2.45, 2.75) is 32.9 Å². The Hall–Kier alpha value is -1.81. The lowest BCUT2D eigenvalue weighted by molar-refractivity contribution is 0.415. The fraction of sp³-hybridized carbons (Fsp3) is 0.400. The van der Waals surface area contributed by atoms with Crippen LogP contribution in [-0.4, -0.2) is 22.8 Å². The highest BCUT2D eigenvalue weighted by Crippen LogP contribution is 2.25. The summed E-state index contributed by atoms with van der Waals surface area (Å²) in [5, 5.41) is 10.7. The van der Waals surface area contributed by atoms with Gasteiger partial charge in [0.2, 0.25) is 0 Å². The molecular weight excluding hydrogens is 238 g/mol. The van der Waals surface area contributed by atoms with E-state index in [1.807, 2.05) is 24.4 Å². The summed E-state index contributed by atoms with van der Waals surface area (Å²) in [6, 6.07) is 7.98. The number of hydrogen-bond donors (Lipinski definition) is 2. The van der Waals surface area contributed by atoms with E-state index in [1.54, 1.807) is 7.11 Å². The Morgan fingerprint density at radius 3 is 2.79 bits per heavy atom. The predicted molar refractivity (Wildman–Crippen MR) is 77.2 cm³/mol. The zero-order valence-corrected chi connectivity index (χ0v) is 11.9. The van der Waals surface area contributed by atoms with E-state index in [-0.39, 0.29) is 5.54 Å². The molecule has 0 fully saturated rings. The van der Waals surface area contributed by atoms with Gasteiger partial charge in [-0.25, -0.2) is 0 Å². The lowest BCUT2D eigenvalue weighted by Crippen LogP contribution is -2.35. The summed E-state index contributed by atoms with van der Waals surface area (Å²) in [4.78, 5) is 0. The van der Waals surface area contributed by atoms with Crippen LogP contribution in [0.1, 0.15) is 26.3 Å². The molecule has 19 heavy (non-hydrogen) atoms. The first-order chi connectivity index (χ1) is 8.99. The normalized spacial score (nSPS) is 11.6. The summed E-state index contributed by atoms with van der Waals surface area (Å²) < 4.78 is 5.26. The van der Waals surface area contributed by atoms with Gasteiger partial charge in [0.1, 0.15) is 5.75 Å². The number of rotatable bonds is 4. The number of ether oxygens (including phenoxy) is 1. The highest BCUT2D eigenvalue weighted by Gasteiger charge is 2.13. The summed E-state index contributed by atoms with van der Waals surface area (Å²) in [6.45, 7) is 7.24. The topological polar surface area (TPSA) is 49.9 Å². The molecule has 0 unspecified atom stereocenters. The SMILES string of the molecule is COc1cccc(-c2[nH]ncc2CNC(C)(C)C)c1. The highest BCUT2D eigenvalue weighted by molar-refractivity contribution is 5.64. The maximum Gasteiger partial charge on any atom is 0.119 e. The molecule has 2 aromatic rings. The van der Waals surface area contributed by atoms with Crippen LogP contribution < -0.4 is 10.1 Å². The van der Waals surface area contributed by atoms with Gasteiger partial charge >= 0.3 is 0 Å². The second-order valence-corrected chi connectivity index (χ2v) is 5.61. The number of aromatic amines is 1. The van der Waals surface area contributed by atoms with Gasteiger partial charge in [0.05, 0.1) is 19.0 Å². The van der Waals surface area contributed by atoms with Crippen LogP contribution in [0.4, 0.5) is 0 Å². The van der Waals surface area contributed by atoms with Crippen molar-refractivity contribution in [1.29, 1.82) is 0 Å². The fourth-order valence-corrected chi connectivity index (χ4v) is 1.83. The fourth-order valence-electron chi connectivity index (χ4n) is 1.83. The van der Waals surface area contributed by atoms with Crippen molar-refractivity contribution in [3.8, 4) is 17.0 Å². The number of nitrogens with one attached hydrogen (secondary N) is 2. The van der Waals surface area contributed by atoms with Gasteiger partial charge in [-0.1, -0.05) is 12.1 Å². The van der Waals surface area contributed by atoms with Crippen LogP contribution in [0, 0.1) is 0 Å². The van der Waals surface area contributed by atoms with Crippen molar-refractivity contribution in [3.05, 3.63) is 36.0 Å². The molecule has 0 saturated heterocycles. The molecule has 4 heteroatoms. The minimum absolute atomic E-state index is 0.0862. The van der Waals surface area contributed by atoms with Gasteiger partial charge in [-0.2, -0.15) is 5.10 Å². The summed E-state index contributed by atoms with van der Waals surface area (Å²) in [6.07, 6.45) is 1.87. The molecule has 2 N–H and O–H groups in total. The molecule has 4 nitrogen and oxygen atoms in total. The molecule has 2 rings (SSSR count). The molecule has 0 aliphatic rings. The third-order valence-electron chi connectivity index (χ3n) is 2.89. The van der Waals surface area contributed by atoms with E-state index in [0.29, 0.717) is 0 Å². The van der Waals surface area contributed by atoms with E-state index in [9.17, 15) is 0 Å². The van der Waals surface area contributed by atoms with Crippen LogP contribution in [0.15, 0.2) is 30.5 Å². The van der Waals surface area contributed by atoms with Crippen LogP contribution in [-0.2, 0) is 6.54 Å². The second-order valence-electron chi connectivity index (χ2n) is 5.61. The van der Waals surface area contributed by atoms with Crippen molar-refractivity contribution >= 4 is 0 Å². The van der Waals surface area contributed by atoms with Crippen molar-refractivity contribution in [1.82, 2.24) is 15.5 Å². The van der Waals surface area contributed by atoms with Gasteiger partial charge < -0.3 is 10.1 Å². The van der Waals surface area contributed by atoms with Crippen molar-refractivity contribution in [2.75, 3.05) is 7.11 Å². The maximum atomic E-state index is 5.26. The molecule has 0 radical (unpaired) electrons. The van der Waals surface area contributed by atoms with Crippen molar-refractivity contribution in [3.63, 3.8) is 0 Å². The molecule has 1 aromatic carbocycles. The first-order valence-electron chi connectivity index (χ1n) is 6.41. The molecule has 0 bridgehead atoms. The Morgan fingerprint density at radius 2 is 2.11 bits per heavy atom. The molecule has 0 aliphatic heterocycles. The maximum absolute atomic E-state index is 5.26. The number of benzene rings is 1. The Balaban J connectivity index is 2.23. The Kier molecular flexibility index (Phi) is 3.90. The van der Waals surface area contributed by atoms with Gasteiger partial charge in [-0.05, 0) is 32.9 Å². The van der Waals surface area contributed by atoms with Crippen LogP contribution >= 0.6 is 0 Å². The van der Waals surface area contributed by atoms with Crippen LogP contribution in [0.25, 0.3) is 11.3 Å². The van der Waals surface area contributed by atoms with E-state index >= 15 is 0 Å². The lowest BCUT2D eigenvalue weighted by Gasteiger charge is -2.20. The molecule has 1 aromatic heterocycles. The second kappa shape index (κ2) is 5.45. The largest absolute Gasteiger partial charge is 0.497 e. The molecule has 0 aliphatic carbocycles. The summed E-state index contributed by atoms with van der Waals surface area (Å²) >= 11 is 0. The average molecular weight is 259 g/mol. The molecule has 0 spiro atoms. The minimum atomic E-state index is 0.0862. The third kappa shape index (κ3) is 3.58. The summed E-state index contributed by atoms with van der Waals surface area (Å²) in [5.41, 5.74) is 3.37. The van der Waals surface area contributed by atoms with Crippen LogP contribution in [0.5, 0.6) is 5.75 Å². The van der Waals surface area contributed by atoms with Gasteiger partial charge in [-0.3, -0.25) is 5.10 Å². The monoisotopic (exact) mass is 259 g/mol.